The molecule has 5 nitrogen and oxygen atoms in total. The number of aliphatic hydroxyl groups excluding tert-OH is 1. The molecule has 1 aromatic rings. The summed E-state index contributed by atoms with van der Waals surface area (Å²) in [6.45, 7) is 6.30. The fraction of sp³-hybridized carbons (Fsp3) is 0.667. The monoisotopic (exact) mass is 270 g/mol. The summed E-state index contributed by atoms with van der Waals surface area (Å²) < 4.78 is 9.33. The summed E-state index contributed by atoms with van der Waals surface area (Å²) in [6.07, 6.45) is 0.801. The maximum Gasteiger partial charge on any atom is 0.410 e. The van der Waals surface area contributed by atoms with Crippen LogP contribution in [0.25, 0.3) is 0 Å². The predicted octanol–water partition coefficient (Wildman–Crippen LogP) is 1.84. The molecular weight excluding hydrogens is 252 g/mol. The summed E-state index contributed by atoms with van der Waals surface area (Å²) in [5, 5.41) is 10.0. The molecule has 2 rings (SSSR count). The molecule has 1 aromatic heterocycles. The molecule has 2 atom stereocenters. The second kappa shape index (κ2) is 4.85. The molecular formula is C12H18N2O3S. The zero-order valence-electron chi connectivity index (χ0n) is 10.8. The summed E-state index contributed by atoms with van der Waals surface area (Å²) in [5.74, 6) is -0.0509. The van der Waals surface area contributed by atoms with Crippen molar-refractivity contribution in [3.05, 3.63) is 17.1 Å². The molecule has 6 heteroatoms. The lowest BCUT2D eigenvalue weighted by Gasteiger charge is -2.24. The molecule has 0 spiro atoms. The van der Waals surface area contributed by atoms with Crippen molar-refractivity contribution in [1.29, 1.82) is 0 Å². The first-order valence-electron chi connectivity index (χ1n) is 5.93. The van der Waals surface area contributed by atoms with E-state index in [2.05, 4.69) is 4.37 Å². The van der Waals surface area contributed by atoms with Gasteiger partial charge in [0.25, 0.3) is 0 Å². The number of rotatable bonds is 1. The lowest BCUT2D eigenvalue weighted by atomic mass is 10.1. The van der Waals surface area contributed by atoms with Gasteiger partial charge in [-0.25, -0.2) is 9.17 Å². The van der Waals surface area contributed by atoms with E-state index in [1.54, 1.807) is 11.1 Å². The van der Waals surface area contributed by atoms with Crippen molar-refractivity contribution in [2.24, 2.45) is 0 Å². The summed E-state index contributed by atoms with van der Waals surface area (Å²) in [6, 6.07) is 1.89. The maximum atomic E-state index is 11.9. The first kappa shape index (κ1) is 13.3. The minimum absolute atomic E-state index is 0.0509. The molecule has 1 fully saturated rings. The molecule has 18 heavy (non-hydrogen) atoms. The minimum Gasteiger partial charge on any atom is -0.444 e. The van der Waals surface area contributed by atoms with Crippen molar-refractivity contribution in [3.63, 3.8) is 0 Å². The van der Waals surface area contributed by atoms with Crippen LogP contribution in [0.3, 0.4) is 0 Å². The third-order valence-corrected chi connectivity index (χ3v) is 3.64. The summed E-state index contributed by atoms with van der Waals surface area (Å²) in [5.41, 5.74) is -0.509. The molecule has 1 N–H and O–H groups in total. The largest absolute Gasteiger partial charge is 0.444 e. The molecule has 1 aliphatic heterocycles. The van der Waals surface area contributed by atoms with Gasteiger partial charge in [0.1, 0.15) is 5.60 Å². The molecule has 1 amide bonds. The van der Waals surface area contributed by atoms with Crippen molar-refractivity contribution in [3.8, 4) is 0 Å². The van der Waals surface area contributed by atoms with Gasteiger partial charge in [0.2, 0.25) is 0 Å². The fourth-order valence-electron chi connectivity index (χ4n) is 1.96. The van der Waals surface area contributed by atoms with Gasteiger partial charge in [0.15, 0.2) is 0 Å². The van der Waals surface area contributed by atoms with Crippen LogP contribution < -0.4 is 0 Å². The van der Waals surface area contributed by atoms with Crippen LogP contribution in [-0.2, 0) is 4.74 Å². The third-order valence-electron chi connectivity index (χ3n) is 2.76. The van der Waals surface area contributed by atoms with Crippen LogP contribution in [0.5, 0.6) is 0 Å². The topological polar surface area (TPSA) is 62.7 Å². The zero-order chi connectivity index (χ0) is 13.3. The van der Waals surface area contributed by atoms with Crippen LogP contribution >= 0.6 is 11.5 Å². The number of nitrogens with zero attached hydrogens (tertiary/aromatic N) is 2. The van der Waals surface area contributed by atoms with Crippen LogP contribution in [-0.4, -0.2) is 45.3 Å². The van der Waals surface area contributed by atoms with Crippen molar-refractivity contribution in [1.82, 2.24) is 9.27 Å². The van der Waals surface area contributed by atoms with E-state index in [9.17, 15) is 9.90 Å². The van der Waals surface area contributed by atoms with Gasteiger partial charge >= 0.3 is 6.09 Å². The fourth-order valence-corrected chi connectivity index (χ4v) is 2.69. The number of hydrogen-bond acceptors (Lipinski definition) is 5. The van der Waals surface area contributed by atoms with Crippen LogP contribution in [0, 0.1) is 0 Å². The second-order valence-corrected chi connectivity index (χ2v) is 6.34. The highest BCUT2D eigenvalue weighted by atomic mass is 32.1. The second-order valence-electron chi connectivity index (χ2n) is 5.47. The summed E-state index contributed by atoms with van der Waals surface area (Å²) in [4.78, 5) is 14.5. The van der Waals surface area contributed by atoms with Gasteiger partial charge in [-0.05, 0) is 38.4 Å². The Balaban J connectivity index is 2.00. The van der Waals surface area contributed by atoms with E-state index in [1.165, 1.54) is 11.5 Å². The number of aliphatic hydroxyl groups is 1. The number of likely N-dealkylation sites (tertiary alicyclic amines) is 1. The Hall–Kier alpha value is -1.14. The van der Waals surface area contributed by atoms with Crippen molar-refractivity contribution in [2.75, 3.05) is 13.1 Å². The normalized spacial score (nSPS) is 24.3. The Morgan fingerprint density at radius 3 is 2.83 bits per heavy atom. The SMILES string of the molecule is CC(C)(C)OC(=O)N1C[C@@H](O)[C@H](c2ccns2)C1. The molecule has 100 valence electrons. The highest BCUT2D eigenvalue weighted by Gasteiger charge is 2.37. The number of ether oxygens (including phenoxy) is 1. The number of carbonyl (C=O) groups excluding carboxylic acids is 1. The number of carbonyl (C=O) groups is 1. The molecule has 0 unspecified atom stereocenters. The van der Waals surface area contributed by atoms with Gasteiger partial charge in [-0.1, -0.05) is 0 Å². The Morgan fingerprint density at radius 1 is 1.56 bits per heavy atom. The van der Waals surface area contributed by atoms with Gasteiger partial charge in [-0.2, -0.15) is 0 Å². The zero-order valence-corrected chi connectivity index (χ0v) is 11.6. The Labute approximate surface area is 111 Å². The minimum atomic E-state index is -0.544. The maximum absolute atomic E-state index is 11.9. The molecule has 1 saturated heterocycles. The molecule has 0 aliphatic carbocycles. The Kier molecular flexibility index (Phi) is 3.59. The standard InChI is InChI=1S/C12H18N2O3S/c1-12(2,3)17-11(16)14-6-8(9(15)7-14)10-4-5-13-18-10/h4-5,8-9,15H,6-7H2,1-3H3/t8-,9-/m1/s1. The number of hydrogen-bond donors (Lipinski definition) is 1. The van der Waals surface area contributed by atoms with Crippen molar-refractivity contribution >= 4 is 17.6 Å². The quantitative estimate of drug-likeness (QED) is 0.845. The van der Waals surface area contributed by atoms with Gasteiger partial charge in [-0.3, -0.25) is 0 Å². The molecule has 0 aromatic carbocycles. The third kappa shape index (κ3) is 3.00. The lowest BCUT2D eigenvalue weighted by molar-refractivity contribution is 0.0270. The van der Waals surface area contributed by atoms with Crippen LogP contribution in [0.15, 0.2) is 12.3 Å². The van der Waals surface area contributed by atoms with E-state index >= 15 is 0 Å². The summed E-state index contributed by atoms with van der Waals surface area (Å²) >= 11 is 1.36. The van der Waals surface area contributed by atoms with Crippen LogP contribution in [0.2, 0.25) is 0 Å². The molecule has 0 radical (unpaired) electrons. The average molecular weight is 270 g/mol. The highest BCUT2D eigenvalue weighted by molar-refractivity contribution is 7.05. The van der Waals surface area contributed by atoms with E-state index in [-0.39, 0.29) is 12.0 Å². The molecule has 1 aliphatic rings. The highest BCUT2D eigenvalue weighted by Crippen LogP contribution is 2.30. The first-order valence-corrected chi connectivity index (χ1v) is 6.71. The molecule has 2 heterocycles. The lowest BCUT2D eigenvalue weighted by Crippen LogP contribution is -2.35. The Bertz CT molecular complexity index is 413. The van der Waals surface area contributed by atoms with E-state index in [0.29, 0.717) is 13.1 Å². The number of amides is 1. The smallest absolute Gasteiger partial charge is 0.410 e. The summed E-state index contributed by atoms with van der Waals surface area (Å²) in [7, 11) is 0. The van der Waals surface area contributed by atoms with E-state index in [4.69, 9.17) is 4.74 Å². The molecule has 0 saturated carbocycles. The van der Waals surface area contributed by atoms with Crippen molar-refractivity contribution in [2.45, 2.75) is 38.4 Å². The van der Waals surface area contributed by atoms with E-state index in [1.807, 2.05) is 26.8 Å². The van der Waals surface area contributed by atoms with Gasteiger partial charge < -0.3 is 14.7 Å². The van der Waals surface area contributed by atoms with E-state index in [0.717, 1.165) is 4.88 Å². The predicted molar refractivity (Wildman–Crippen MR) is 68.7 cm³/mol. The van der Waals surface area contributed by atoms with E-state index < -0.39 is 11.7 Å². The molecule has 0 bridgehead atoms. The van der Waals surface area contributed by atoms with Crippen LogP contribution in [0.4, 0.5) is 4.79 Å². The van der Waals surface area contributed by atoms with Gasteiger partial charge in [0, 0.05) is 23.5 Å². The number of aromatic nitrogens is 1. The Morgan fingerprint density at radius 2 is 2.28 bits per heavy atom. The average Bonchev–Trinajstić information content (AvgIpc) is 2.82. The van der Waals surface area contributed by atoms with Crippen molar-refractivity contribution < 1.29 is 14.6 Å². The van der Waals surface area contributed by atoms with Gasteiger partial charge in [-0.15, -0.1) is 0 Å². The number of β-amino-alcohol motifs (C(OH)–C–C–N with tert-alkyl or cyclic N) is 1. The van der Waals surface area contributed by atoms with Crippen LogP contribution in [0.1, 0.15) is 31.6 Å². The first-order chi connectivity index (χ1) is 8.37. The van der Waals surface area contributed by atoms with Gasteiger partial charge in [0.05, 0.1) is 12.6 Å².